The summed E-state index contributed by atoms with van der Waals surface area (Å²) in [4.78, 5) is 0. The molecule has 408 valence electrons. The molecule has 0 radical (unpaired) electrons. The van der Waals surface area contributed by atoms with Crippen molar-refractivity contribution in [3.8, 4) is 0 Å². The van der Waals surface area contributed by atoms with Crippen LogP contribution < -0.4 is 17.6 Å². The van der Waals surface area contributed by atoms with Gasteiger partial charge in [-0.15, -0.1) is 0 Å². The van der Waals surface area contributed by atoms with Crippen LogP contribution in [0.15, 0.2) is 333 Å². The van der Waals surface area contributed by atoms with Crippen LogP contribution in [0, 0.1) is 0 Å². The fourth-order valence-corrected chi connectivity index (χ4v) is 22.2. The molecule has 12 aromatic carbocycles. The Bertz CT molecular complexity index is 3730. The second-order valence-electron chi connectivity index (χ2n) is 21.0. The van der Waals surface area contributed by atoms with Gasteiger partial charge >= 0.3 is 541 Å². The molecule has 12 aromatic rings. The third-order valence-corrected chi connectivity index (χ3v) is 27.8. The molecule has 0 aliphatic heterocycles. The molecule has 0 heterocycles. The van der Waals surface area contributed by atoms with Gasteiger partial charge in [0.15, 0.2) is 0 Å². The van der Waals surface area contributed by atoms with Gasteiger partial charge in [-0.2, -0.15) is 0 Å². The zero-order chi connectivity index (χ0) is 58.0. The Balaban J connectivity index is 1.09. The molecule has 0 N–H and O–H groups in total. The summed E-state index contributed by atoms with van der Waals surface area (Å²) in [7, 11) is 0. The fraction of sp³-hybridized carbons (Fsp3) is 0. The predicted octanol–water partition coefficient (Wildman–Crippen LogP) is 20.5. The minimum atomic E-state index is -4.12. The quantitative estimate of drug-likeness (QED) is 0.0668. The molecule has 5 heteroatoms. The Morgan fingerprint density at radius 3 is 0.529 bits per heavy atom. The first-order valence-corrected chi connectivity index (χ1v) is 35.6. The Kier molecular flexibility index (Phi) is 18.2. The van der Waals surface area contributed by atoms with E-state index >= 15 is 0 Å². The SMILES string of the molecule is Brc1ccc(/C=C(\c2ccccc2)c2cc[c]([Ge]([c]3ccc(/C(=C/c4ccc(Br)cc4)c4ccccc4)cc3)([c]3ccc(/C(=C/c4ccc(Br)cc4)c4ccccc4)cc3)[c]3ccc(/C(=C/c4ccc(Br)cc4)c4ccccc4)cc3)cc2)cc1. The minimum absolute atomic E-state index is 1.05. The van der Waals surface area contributed by atoms with Crippen LogP contribution >= 0.6 is 63.7 Å². The van der Waals surface area contributed by atoms with Crippen LogP contribution in [0.2, 0.25) is 0 Å². The average Bonchev–Trinajstić information content (AvgIpc) is 3.65. The molecule has 85 heavy (non-hydrogen) atoms. The summed E-state index contributed by atoms with van der Waals surface area (Å²) in [5, 5.41) is 0. The van der Waals surface area contributed by atoms with E-state index in [9.17, 15) is 0 Å². The van der Waals surface area contributed by atoms with Gasteiger partial charge in [-0.3, -0.25) is 0 Å². The van der Waals surface area contributed by atoms with Crippen molar-refractivity contribution >= 4 is 141 Å². The molecular formula is C80H56Br4Ge. The molecule has 0 atom stereocenters. The molecular weight excluding hydrogens is 1350 g/mol. The summed E-state index contributed by atoms with van der Waals surface area (Å²) in [5.41, 5.74) is 18.4. The molecule has 0 nitrogen and oxygen atoms in total. The normalized spacial score (nSPS) is 12.3. The van der Waals surface area contributed by atoms with Crippen LogP contribution in [0.4, 0.5) is 0 Å². The summed E-state index contributed by atoms with van der Waals surface area (Å²) in [6.45, 7) is 0. The molecule has 0 aliphatic rings. The van der Waals surface area contributed by atoms with Gasteiger partial charge < -0.3 is 0 Å². The van der Waals surface area contributed by atoms with E-state index in [-0.39, 0.29) is 0 Å². The first-order valence-electron chi connectivity index (χ1n) is 28.3. The number of rotatable bonds is 16. The standard InChI is InChI=1S/C80H56Br4Ge/c81-69-37-21-57(22-38-69)53-77(61-13-5-1-6-14-61)65-29-45-73(46-30-65)85(74-47-31-66(32-48-74)78(62-15-7-2-8-16-62)54-58-23-39-70(82)40-24-58,75-49-33-67(34-50-75)79(63-17-9-3-10-18-63)55-59-25-41-71(83)42-26-59)76-51-35-68(36-52-76)80(64-19-11-4-12-20-64)56-60-27-43-72(84)44-28-60/h1-56H/b77-53+,78-54+,79-55+,80-56+. The summed E-state index contributed by atoms with van der Waals surface area (Å²) in [5.74, 6) is 0. The summed E-state index contributed by atoms with van der Waals surface area (Å²) in [6.07, 6.45) is 9.25. The first kappa shape index (κ1) is 57.5. The fourth-order valence-electron chi connectivity index (χ4n) is 11.3. The zero-order valence-corrected chi connectivity index (χ0v) is 54.8. The summed E-state index contributed by atoms with van der Waals surface area (Å²) in [6, 6.07) is 116. The maximum absolute atomic E-state index is 4.12. The maximum atomic E-state index is 3.67. The van der Waals surface area contributed by atoms with Crippen molar-refractivity contribution in [2.75, 3.05) is 0 Å². The van der Waals surface area contributed by atoms with E-state index in [1.807, 2.05) is 0 Å². The number of benzene rings is 12. The van der Waals surface area contributed by atoms with Gasteiger partial charge in [0.25, 0.3) is 0 Å². The predicted molar refractivity (Wildman–Crippen MR) is 380 cm³/mol. The second kappa shape index (κ2) is 27.0. The molecule has 0 bridgehead atoms. The molecule has 0 aromatic heterocycles. The molecule has 0 spiro atoms. The number of halogens is 4. The van der Waals surface area contributed by atoms with Crippen molar-refractivity contribution < 1.29 is 0 Å². The summed E-state index contributed by atoms with van der Waals surface area (Å²) < 4.78 is 9.51. The Morgan fingerprint density at radius 2 is 0.353 bits per heavy atom. The third kappa shape index (κ3) is 13.5. The van der Waals surface area contributed by atoms with E-state index < -0.39 is 13.3 Å². The van der Waals surface area contributed by atoms with Gasteiger partial charge in [0.1, 0.15) is 0 Å². The molecule has 0 unspecified atom stereocenters. The van der Waals surface area contributed by atoms with E-state index in [0.29, 0.717) is 0 Å². The van der Waals surface area contributed by atoms with E-state index in [1.165, 1.54) is 17.6 Å². The number of hydrogen-bond acceptors (Lipinski definition) is 0. The van der Waals surface area contributed by atoms with Crippen molar-refractivity contribution in [3.63, 3.8) is 0 Å². The van der Waals surface area contributed by atoms with Crippen LogP contribution in [-0.4, -0.2) is 13.3 Å². The third-order valence-electron chi connectivity index (χ3n) is 15.6. The van der Waals surface area contributed by atoms with Crippen molar-refractivity contribution in [1.29, 1.82) is 0 Å². The van der Waals surface area contributed by atoms with Crippen molar-refractivity contribution in [2.24, 2.45) is 0 Å². The molecule has 0 saturated heterocycles. The zero-order valence-electron chi connectivity index (χ0n) is 46.3. The second-order valence-corrected chi connectivity index (χ2v) is 32.6. The van der Waals surface area contributed by atoms with Gasteiger partial charge in [-0.05, 0) is 0 Å². The van der Waals surface area contributed by atoms with Gasteiger partial charge in [0.2, 0.25) is 0 Å². The van der Waals surface area contributed by atoms with E-state index in [1.54, 1.807) is 0 Å². The first-order chi connectivity index (χ1) is 41.7. The monoisotopic (exact) mass is 1410 g/mol. The molecule has 0 aliphatic carbocycles. The van der Waals surface area contributed by atoms with E-state index in [0.717, 1.165) is 107 Å². The van der Waals surface area contributed by atoms with Gasteiger partial charge in [0, 0.05) is 0 Å². The van der Waals surface area contributed by atoms with Crippen molar-refractivity contribution in [1.82, 2.24) is 0 Å². The topological polar surface area (TPSA) is 0 Å². The Morgan fingerprint density at radius 1 is 0.188 bits per heavy atom. The van der Waals surface area contributed by atoms with Crippen molar-refractivity contribution in [2.45, 2.75) is 0 Å². The Hall–Kier alpha value is -7.94. The Labute approximate surface area is 536 Å². The van der Waals surface area contributed by atoms with E-state index in [4.69, 9.17) is 0 Å². The average molecular weight is 1410 g/mol. The van der Waals surface area contributed by atoms with Crippen LogP contribution in [0.1, 0.15) is 66.8 Å². The van der Waals surface area contributed by atoms with Crippen LogP contribution in [-0.2, 0) is 0 Å². The molecule has 0 saturated carbocycles. The van der Waals surface area contributed by atoms with Crippen molar-refractivity contribution in [3.05, 3.63) is 400 Å². The molecule has 12 rings (SSSR count). The van der Waals surface area contributed by atoms with E-state index in [2.05, 4.69) is 403 Å². The van der Waals surface area contributed by atoms with Crippen LogP contribution in [0.3, 0.4) is 0 Å². The van der Waals surface area contributed by atoms with Crippen LogP contribution in [0.25, 0.3) is 46.6 Å². The van der Waals surface area contributed by atoms with Gasteiger partial charge in [-0.25, -0.2) is 0 Å². The van der Waals surface area contributed by atoms with Gasteiger partial charge in [-0.1, -0.05) is 0 Å². The summed E-state index contributed by atoms with van der Waals surface area (Å²) >= 11 is 10.6. The van der Waals surface area contributed by atoms with Gasteiger partial charge in [0.05, 0.1) is 0 Å². The molecule has 0 fully saturated rings. The molecule has 0 amide bonds. The number of hydrogen-bond donors (Lipinski definition) is 0. The van der Waals surface area contributed by atoms with Crippen LogP contribution in [0.5, 0.6) is 0 Å².